The third-order valence-electron chi connectivity index (χ3n) is 4.14. The number of anilines is 1. The molecule has 2 amide bonds. The third-order valence-corrected chi connectivity index (χ3v) is 5.87. The maximum atomic E-state index is 12.9. The standard InChI is InChI=1S/C18H21Cl2N3O2S/c1-5-10(2)23(17(25)13-6-7-14(19)15(20)8-13)9-16(24)22-18-21-11(3)12(4)26-18/h6-8,10H,5,9H2,1-4H3,(H,21,22,24)/t10-/m0/s1. The smallest absolute Gasteiger partial charge is 0.254 e. The summed E-state index contributed by atoms with van der Waals surface area (Å²) in [7, 11) is 0. The van der Waals surface area contributed by atoms with Gasteiger partial charge in [0.2, 0.25) is 5.91 Å². The van der Waals surface area contributed by atoms with Gasteiger partial charge in [-0.2, -0.15) is 0 Å². The van der Waals surface area contributed by atoms with E-state index in [1.807, 2.05) is 27.7 Å². The summed E-state index contributed by atoms with van der Waals surface area (Å²) >= 11 is 13.3. The molecule has 0 unspecified atom stereocenters. The monoisotopic (exact) mass is 413 g/mol. The van der Waals surface area contributed by atoms with E-state index in [9.17, 15) is 9.59 Å². The van der Waals surface area contributed by atoms with Gasteiger partial charge in [-0.15, -0.1) is 11.3 Å². The average Bonchev–Trinajstić information content (AvgIpc) is 2.91. The van der Waals surface area contributed by atoms with Gasteiger partial charge in [0.05, 0.1) is 15.7 Å². The summed E-state index contributed by atoms with van der Waals surface area (Å²) in [5.41, 5.74) is 1.28. The second kappa shape index (κ2) is 8.84. The van der Waals surface area contributed by atoms with Gasteiger partial charge in [0.25, 0.3) is 5.91 Å². The molecule has 140 valence electrons. The van der Waals surface area contributed by atoms with Crippen LogP contribution in [0.4, 0.5) is 5.13 Å². The van der Waals surface area contributed by atoms with Crippen LogP contribution in [-0.2, 0) is 4.79 Å². The number of nitrogens with one attached hydrogen (secondary N) is 1. The van der Waals surface area contributed by atoms with Crippen molar-refractivity contribution in [1.29, 1.82) is 0 Å². The average molecular weight is 414 g/mol. The maximum Gasteiger partial charge on any atom is 0.254 e. The Morgan fingerprint density at radius 1 is 1.27 bits per heavy atom. The number of carbonyl (C=O) groups excluding carboxylic acids is 2. The van der Waals surface area contributed by atoms with Crippen LogP contribution in [0.25, 0.3) is 0 Å². The SMILES string of the molecule is CC[C@H](C)N(CC(=O)Nc1nc(C)c(C)s1)C(=O)c1ccc(Cl)c(Cl)c1. The summed E-state index contributed by atoms with van der Waals surface area (Å²) < 4.78 is 0. The van der Waals surface area contributed by atoms with Crippen molar-refractivity contribution in [2.45, 2.75) is 40.2 Å². The molecule has 26 heavy (non-hydrogen) atoms. The Morgan fingerprint density at radius 3 is 2.50 bits per heavy atom. The fourth-order valence-corrected chi connectivity index (χ4v) is 3.41. The molecular weight excluding hydrogens is 393 g/mol. The largest absolute Gasteiger partial charge is 0.327 e. The van der Waals surface area contributed by atoms with Gasteiger partial charge in [-0.25, -0.2) is 4.98 Å². The lowest BCUT2D eigenvalue weighted by molar-refractivity contribution is -0.117. The van der Waals surface area contributed by atoms with Gasteiger partial charge in [-0.3, -0.25) is 9.59 Å². The minimum absolute atomic E-state index is 0.0637. The van der Waals surface area contributed by atoms with E-state index in [1.54, 1.807) is 12.1 Å². The topological polar surface area (TPSA) is 62.3 Å². The number of benzene rings is 1. The predicted octanol–water partition coefficient (Wildman–Crippen LogP) is 4.95. The molecule has 8 heteroatoms. The number of hydrogen-bond acceptors (Lipinski definition) is 4. The van der Waals surface area contributed by atoms with Crippen LogP contribution in [0.3, 0.4) is 0 Å². The lowest BCUT2D eigenvalue weighted by atomic mass is 10.1. The Labute approximate surface area is 167 Å². The quantitative estimate of drug-likeness (QED) is 0.728. The second-order valence-corrected chi connectivity index (χ2v) is 8.05. The number of aryl methyl sites for hydroxylation is 2. The highest BCUT2D eigenvalue weighted by atomic mass is 35.5. The van der Waals surface area contributed by atoms with Crippen LogP contribution in [0, 0.1) is 13.8 Å². The van der Waals surface area contributed by atoms with E-state index in [0.717, 1.165) is 17.0 Å². The zero-order chi connectivity index (χ0) is 19.4. The molecule has 5 nitrogen and oxygen atoms in total. The first-order valence-corrected chi connectivity index (χ1v) is 9.80. The number of rotatable bonds is 6. The number of aromatic nitrogens is 1. The molecule has 2 rings (SSSR count). The molecule has 0 aliphatic rings. The Hall–Kier alpha value is -1.63. The molecule has 2 aromatic rings. The second-order valence-electron chi connectivity index (χ2n) is 6.03. The third kappa shape index (κ3) is 4.96. The van der Waals surface area contributed by atoms with Crippen LogP contribution in [0.1, 0.15) is 41.2 Å². The van der Waals surface area contributed by atoms with Crippen molar-refractivity contribution in [1.82, 2.24) is 9.88 Å². The first-order chi connectivity index (χ1) is 12.2. The Kier molecular flexibility index (Phi) is 7.03. The lowest BCUT2D eigenvalue weighted by Crippen LogP contribution is -2.43. The Bertz CT molecular complexity index is 803. The molecule has 0 saturated carbocycles. The zero-order valence-electron chi connectivity index (χ0n) is 15.1. The first-order valence-electron chi connectivity index (χ1n) is 8.22. The minimum atomic E-state index is -0.285. The van der Waals surface area contributed by atoms with E-state index in [4.69, 9.17) is 23.2 Å². The molecule has 1 aromatic heterocycles. The van der Waals surface area contributed by atoms with Crippen molar-refractivity contribution in [2.24, 2.45) is 0 Å². The highest BCUT2D eigenvalue weighted by Gasteiger charge is 2.24. The van der Waals surface area contributed by atoms with Gasteiger partial charge >= 0.3 is 0 Å². The number of carbonyl (C=O) groups is 2. The summed E-state index contributed by atoms with van der Waals surface area (Å²) in [6, 6.07) is 4.60. The fourth-order valence-electron chi connectivity index (χ4n) is 2.28. The minimum Gasteiger partial charge on any atom is -0.327 e. The highest BCUT2D eigenvalue weighted by molar-refractivity contribution is 7.15. The van der Waals surface area contributed by atoms with Crippen LogP contribution in [-0.4, -0.2) is 34.3 Å². The van der Waals surface area contributed by atoms with Gasteiger partial charge in [-0.1, -0.05) is 30.1 Å². The zero-order valence-corrected chi connectivity index (χ0v) is 17.4. The molecule has 0 radical (unpaired) electrons. The van der Waals surface area contributed by atoms with Crippen molar-refractivity contribution in [3.8, 4) is 0 Å². The number of nitrogens with zero attached hydrogens (tertiary/aromatic N) is 2. The molecule has 0 saturated heterocycles. The van der Waals surface area contributed by atoms with Crippen molar-refractivity contribution in [3.63, 3.8) is 0 Å². The Balaban J connectivity index is 2.16. The highest BCUT2D eigenvalue weighted by Crippen LogP contribution is 2.24. The van der Waals surface area contributed by atoms with Gasteiger partial charge in [0.1, 0.15) is 6.54 Å². The van der Waals surface area contributed by atoms with E-state index in [2.05, 4.69) is 10.3 Å². The van der Waals surface area contributed by atoms with Crippen LogP contribution >= 0.6 is 34.5 Å². The van der Waals surface area contributed by atoms with E-state index in [0.29, 0.717) is 20.7 Å². The lowest BCUT2D eigenvalue weighted by Gasteiger charge is -2.28. The molecule has 0 bridgehead atoms. The number of amides is 2. The normalized spacial score (nSPS) is 11.9. The molecular formula is C18H21Cl2N3O2S. The molecule has 1 heterocycles. The summed E-state index contributed by atoms with van der Waals surface area (Å²) in [6.07, 6.45) is 0.718. The predicted molar refractivity (Wildman–Crippen MR) is 107 cm³/mol. The molecule has 1 N–H and O–H groups in total. The first kappa shape index (κ1) is 20.7. The van der Waals surface area contributed by atoms with Gasteiger partial charge in [-0.05, 0) is 45.4 Å². The molecule has 0 aliphatic carbocycles. The van der Waals surface area contributed by atoms with E-state index in [1.165, 1.54) is 22.3 Å². The Morgan fingerprint density at radius 2 is 1.96 bits per heavy atom. The van der Waals surface area contributed by atoms with E-state index < -0.39 is 0 Å². The van der Waals surface area contributed by atoms with Crippen LogP contribution < -0.4 is 5.32 Å². The molecule has 1 atom stereocenters. The van der Waals surface area contributed by atoms with Crippen molar-refractivity contribution < 1.29 is 9.59 Å². The van der Waals surface area contributed by atoms with Crippen molar-refractivity contribution in [2.75, 3.05) is 11.9 Å². The number of halogens is 2. The van der Waals surface area contributed by atoms with Crippen molar-refractivity contribution >= 4 is 51.5 Å². The van der Waals surface area contributed by atoms with Gasteiger partial charge in [0, 0.05) is 16.5 Å². The van der Waals surface area contributed by atoms with E-state index in [-0.39, 0.29) is 24.4 Å². The fraction of sp³-hybridized carbons (Fsp3) is 0.389. The van der Waals surface area contributed by atoms with Crippen molar-refractivity contribution in [3.05, 3.63) is 44.4 Å². The van der Waals surface area contributed by atoms with Crippen LogP contribution in [0.5, 0.6) is 0 Å². The molecule has 1 aromatic carbocycles. The summed E-state index contributed by atoms with van der Waals surface area (Å²) in [5, 5.41) is 3.99. The number of thiazole rings is 1. The molecule has 0 aliphatic heterocycles. The van der Waals surface area contributed by atoms with Crippen LogP contribution in [0.2, 0.25) is 10.0 Å². The summed E-state index contributed by atoms with van der Waals surface area (Å²) in [5.74, 6) is -0.549. The van der Waals surface area contributed by atoms with Gasteiger partial charge in [0.15, 0.2) is 5.13 Å². The maximum absolute atomic E-state index is 12.9. The van der Waals surface area contributed by atoms with Crippen LogP contribution in [0.15, 0.2) is 18.2 Å². The summed E-state index contributed by atoms with van der Waals surface area (Å²) in [6.45, 7) is 7.64. The number of hydrogen-bond donors (Lipinski definition) is 1. The van der Waals surface area contributed by atoms with Gasteiger partial charge < -0.3 is 10.2 Å². The van der Waals surface area contributed by atoms with E-state index >= 15 is 0 Å². The molecule has 0 spiro atoms. The molecule has 0 fully saturated rings. The summed E-state index contributed by atoms with van der Waals surface area (Å²) in [4.78, 5) is 32.2.